The molecule has 1 heterocycles. The Labute approximate surface area is 140 Å². The maximum Gasteiger partial charge on any atom is 0.191 e. The molecule has 0 atom stereocenters. The Bertz CT molecular complexity index is 608. The van der Waals surface area contributed by atoms with Crippen molar-refractivity contribution in [2.24, 2.45) is 4.99 Å². The van der Waals surface area contributed by atoms with E-state index in [-0.39, 0.29) is 0 Å². The molecule has 2 rings (SSSR count). The largest absolute Gasteiger partial charge is 0.356 e. The summed E-state index contributed by atoms with van der Waals surface area (Å²) in [5, 5.41) is 7.72. The summed E-state index contributed by atoms with van der Waals surface area (Å²) in [6, 6.07) is 10.3. The molecule has 2 N–H and O–H groups in total. The number of aromatic nitrogens is 1. The van der Waals surface area contributed by atoms with E-state index in [0.717, 1.165) is 35.5 Å². The van der Waals surface area contributed by atoms with E-state index in [1.165, 1.54) is 10.4 Å². The molecule has 1 aromatic carbocycles. The van der Waals surface area contributed by atoms with Gasteiger partial charge in [-0.2, -0.15) is 11.8 Å². The monoisotopic (exact) mass is 334 g/mol. The molecule has 22 heavy (non-hydrogen) atoms. The van der Waals surface area contributed by atoms with Crippen LogP contribution in [-0.4, -0.2) is 36.5 Å². The Morgan fingerprint density at radius 1 is 1.27 bits per heavy atom. The van der Waals surface area contributed by atoms with Crippen LogP contribution in [0.4, 0.5) is 0 Å². The topological polar surface area (TPSA) is 49.3 Å². The molecule has 6 heteroatoms. The summed E-state index contributed by atoms with van der Waals surface area (Å²) in [5.41, 5.74) is 2.25. The fourth-order valence-electron chi connectivity index (χ4n) is 1.95. The molecule has 0 saturated carbocycles. The highest BCUT2D eigenvalue weighted by atomic mass is 32.2. The normalized spacial score (nSPS) is 11.5. The minimum absolute atomic E-state index is 0.745. The second-order valence-corrected chi connectivity index (χ2v) is 6.81. The van der Waals surface area contributed by atoms with Crippen molar-refractivity contribution in [3.8, 4) is 10.6 Å². The fraction of sp³-hybridized carbons (Fsp3) is 0.375. The summed E-state index contributed by atoms with van der Waals surface area (Å²) in [5.74, 6) is 1.90. The van der Waals surface area contributed by atoms with Crippen LogP contribution < -0.4 is 10.6 Å². The first-order valence-corrected chi connectivity index (χ1v) is 9.40. The van der Waals surface area contributed by atoms with Crippen molar-refractivity contribution in [2.45, 2.75) is 13.5 Å². The first-order valence-electron chi connectivity index (χ1n) is 7.19. The smallest absolute Gasteiger partial charge is 0.191 e. The highest BCUT2D eigenvalue weighted by Crippen LogP contribution is 2.27. The van der Waals surface area contributed by atoms with Crippen LogP contribution in [0, 0.1) is 6.92 Å². The van der Waals surface area contributed by atoms with Crippen molar-refractivity contribution in [2.75, 3.05) is 25.6 Å². The zero-order valence-electron chi connectivity index (χ0n) is 13.2. The maximum atomic E-state index is 4.67. The van der Waals surface area contributed by atoms with Gasteiger partial charge in [0.25, 0.3) is 0 Å². The number of aryl methyl sites for hydroxylation is 1. The maximum absolute atomic E-state index is 4.67. The van der Waals surface area contributed by atoms with E-state index in [1.54, 1.807) is 18.4 Å². The quantitative estimate of drug-likeness (QED) is 0.484. The highest BCUT2D eigenvalue weighted by molar-refractivity contribution is 7.98. The molecule has 4 nitrogen and oxygen atoms in total. The van der Waals surface area contributed by atoms with Crippen LogP contribution in [0.25, 0.3) is 10.6 Å². The van der Waals surface area contributed by atoms with E-state index in [2.05, 4.69) is 45.9 Å². The third-order valence-electron chi connectivity index (χ3n) is 3.15. The fourth-order valence-corrected chi connectivity index (χ4v) is 3.27. The number of thiazole rings is 1. The van der Waals surface area contributed by atoms with Crippen LogP contribution in [-0.2, 0) is 6.54 Å². The van der Waals surface area contributed by atoms with Gasteiger partial charge in [-0.15, -0.1) is 11.3 Å². The Morgan fingerprint density at radius 3 is 2.73 bits per heavy atom. The number of rotatable bonds is 6. The molecular weight excluding hydrogens is 312 g/mol. The number of nitrogens with one attached hydrogen (secondary N) is 2. The van der Waals surface area contributed by atoms with E-state index in [1.807, 2.05) is 30.0 Å². The molecule has 0 fully saturated rings. The van der Waals surface area contributed by atoms with Crippen LogP contribution in [0.3, 0.4) is 0 Å². The molecule has 0 aliphatic rings. The van der Waals surface area contributed by atoms with Crippen molar-refractivity contribution in [3.63, 3.8) is 0 Å². The van der Waals surface area contributed by atoms with E-state index in [9.17, 15) is 0 Å². The van der Waals surface area contributed by atoms with Gasteiger partial charge in [0, 0.05) is 29.8 Å². The van der Waals surface area contributed by atoms with E-state index in [4.69, 9.17) is 0 Å². The summed E-state index contributed by atoms with van der Waals surface area (Å²) in [4.78, 5) is 10.2. The van der Waals surface area contributed by atoms with Crippen molar-refractivity contribution in [1.82, 2.24) is 15.6 Å². The third kappa shape index (κ3) is 4.74. The van der Waals surface area contributed by atoms with E-state index >= 15 is 0 Å². The van der Waals surface area contributed by atoms with Crippen molar-refractivity contribution in [3.05, 3.63) is 40.9 Å². The SMILES string of the molecule is CN=C(NCCSC)NCc1sc(-c2ccccc2)nc1C. The van der Waals surface area contributed by atoms with Gasteiger partial charge < -0.3 is 10.6 Å². The minimum Gasteiger partial charge on any atom is -0.356 e. The Balaban J connectivity index is 1.97. The zero-order chi connectivity index (χ0) is 15.8. The van der Waals surface area contributed by atoms with Gasteiger partial charge in [-0.3, -0.25) is 4.99 Å². The molecule has 0 amide bonds. The molecule has 2 aromatic rings. The lowest BCUT2D eigenvalue weighted by Gasteiger charge is -2.10. The van der Waals surface area contributed by atoms with Crippen molar-refractivity contribution < 1.29 is 0 Å². The second kappa shape index (κ2) is 8.80. The standard InChI is InChI=1S/C16H22N4S2/c1-12-14(11-19-16(17-2)18-9-10-21-3)22-15(20-12)13-7-5-4-6-8-13/h4-8H,9-11H2,1-3H3,(H2,17,18,19). The second-order valence-electron chi connectivity index (χ2n) is 4.74. The number of hydrogen-bond acceptors (Lipinski definition) is 4. The predicted molar refractivity (Wildman–Crippen MR) is 98.9 cm³/mol. The van der Waals surface area contributed by atoms with E-state index < -0.39 is 0 Å². The molecule has 0 bridgehead atoms. The highest BCUT2D eigenvalue weighted by Gasteiger charge is 2.09. The first-order chi connectivity index (χ1) is 10.7. The Morgan fingerprint density at radius 2 is 2.05 bits per heavy atom. The lowest BCUT2D eigenvalue weighted by atomic mass is 10.2. The minimum atomic E-state index is 0.745. The van der Waals surface area contributed by atoms with Crippen molar-refractivity contribution >= 4 is 29.1 Å². The lowest BCUT2D eigenvalue weighted by Crippen LogP contribution is -2.37. The summed E-state index contributed by atoms with van der Waals surface area (Å²) in [7, 11) is 1.79. The van der Waals surface area contributed by atoms with Gasteiger partial charge in [0.1, 0.15) is 5.01 Å². The summed E-state index contributed by atoms with van der Waals surface area (Å²) in [6.07, 6.45) is 2.10. The lowest BCUT2D eigenvalue weighted by molar-refractivity contribution is 0.836. The van der Waals surface area contributed by atoms with Gasteiger partial charge in [0.15, 0.2) is 5.96 Å². The van der Waals surface area contributed by atoms with Crippen LogP contribution in [0.2, 0.25) is 0 Å². The summed E-state index contributed by atoms with van der Waals surface area (Å²) in [6.45, 7) is 3.72. The molecular formula is C16H22N4S2. The van der Waals surface area contributed by atoms with Gasteiger partial charge in [0.2, 0.25) is 0 Å². The average Bonchev–Trinajstić information content (AvgIpc) is 2.93. The molecule has 0 spiro atoms. The molecule has 118 valence electrons. The van der Waals surface area contributed by atoms with Gasteiger partial charge in [-0.25, -0.2) is 4.98 Å². The average molecular weight is 335 g/mol. The molecule has 0 unspecified atom stereocenters. The molecule has 0 aliphatic heterocycles. The van der Waals surface area contributed by atoms with Crippen LogP contribution in [0.1, 0.15) is 10.6 Å². The van der Waals surface area contributed by atoms with E-state index in [0.29, 0.717) is 0 Å². The number of hydrogen-bond donors (Lipinski definition) is 2. The number of benzene rings is 1. The summed E-state index contributed by atoms with van der Waals surface area (Å²) < 4.78 is 0. The molecule has 0 saturated heterocycles. The van der Waals surface area contributed by atoms with Gasteiger partial charge in [-0.1, -0.05) is 30.3 Å². The molecule has 0 aliphatic carbocycles. The summed E-state index contributed by atoms with van der Waals surface area (Å²) >= 11 is 3.55. The number of thioether (sulfide) groups is 1. The Kier molecular flexibility index (Phi) is 6.74. The molecule has 0 radical (unpaired) electrons. The van der Waals surface area contributed by atoms with Gasteiger partial charge >= 0.3 is 0 Å². The third-order valence-corrected chi connectivity index (χ3v) is 4.97. The van der Waals surface area contributed by atoms with Gasteiger partial charge in [-0.05, 0) is 13.2 Å². The number of aliphatic imine (C=N–C) groups is 1. The predicted octanol–water partition coefficient (Wildman–Crippen LogP) is 3.15. The number of guanidine groups is 1. The van der Waals surface area contributed by atoms with Crippen LogP contribution in [0.5, 0.6) is 0 Å². The zero-order valence-corrected chi connectivity index (χ0v) is 14.9. The molecule has 1 aromatic heterocycles. The van der Waals surface area contributed by atoms with Gasteiger partial charge in [0.05, 0.1) is 12.2 Å². The van der Waals surface area contributed by atoms with Crippen LogP contribution in [0.15, 0.2) is 35.3 Å². The number of nitrogens with zero attached hydrogens (tertiary/aromatic N) is 2. The first kappa shape index (κ1) is 16.8. The van der Waals surface area contributed by atoms with Crippen LogP contribution >= 0.6 is 23.1 Å². The Hall–Kier alpha value is -1.53. The van der Waals surface area contributed by atoms with Crippen molar-refractivity contribution in [1.29, 1.82) is 0 Å².